The Bertz CT molecular complexity index is 800. The van der Waals surface area contributed by atoms with Crippen molar-refractivity contribution in [1.82, 2.24) is 0 Å². The van der Waals surface area contributed by atoms with E-state index in [1.807, 2.05) is 12.1 Å². The van der Waals surface area contributed by atoms with E-state index < -0.39 is 6.10 Å². The molecule has 0 saturated heterocycles. The van der Waals surface area contributed by atoms with Crippen LogP contribution in [0.3, 0.4) is 0 Å². The number of halogens is 1. The number of carbonyl (C=O) groups excluding carboxylic acids is 2. The van der Waals surface area contributed by atoms with Gasteiger partial charge >= 0.3 is 0 Å². The molecule has 1 aliphatic rings. The summed E-state index contributed by atoms with van der Waals surface area (Å²) in [7, 11) is 0. The summed E-state index contributed by atoms with van der Waals surface area (Å²) in [6.07, 6.45) is 2.70. The van der Waals surface area contributed by atoms with Crippen LogP contribution in [0.2, 0.25) is 0 Å². The number of amides is 2. The minimum Gasteiger partial charge on any atom is -0.479 e. The highest BCUT2D eigenvalue weighted by molar-refractivity contribution is 9.11. The Morgan fingerprint density at radius 1 is 1.39 bits per heavy atom. The standard InChI is InChI=1S/C16H13BrN2O3S/c1-9-16(21)19-12-8-10(2-5-13(12)22-9)18-15(20)7-4-11-3-6-14(17)23-11/h2-9H,1H3,(H,18,20)(H,19,21)/b7-4+/t9-/m0/s1. The number of nitrogens with one attached hydrogen (secondary N) is 2. The third kappa shape index (κ3) is 3.80. The maximum Gasteiger partial charge on any atom is 0.265 e. The Kier molecular flexibility index (Phi) is 4.49. The largest absolute Gasteiger partial charge is 0.479 e. The molecule has 23 heavy (non-hydrogen) atoms. The maximum absolute atomic E-state index is 12.0. The van der Waals surface area contributed by atoms with Crippen LogP contribution >= 0.6 is 27.3 Å². The van der Waals surface area contributed by atoms with Crippen molar-refractivity contribution in [2.75, 3.05) is 10.6 Å². The van der Waals surface area contributed by atoms with Gasteiger partial charge in [0.2, 0.25) is 5.91 Å². The first-order chi connectivity index (χ1) is 11.0. The molecule has 2 amide bonds. The van der Waals surface area contributed by atoms with Crippen molar-refractivity contribution >= 4 is 56.5 Å². The first kappa shape index (κ1) is 15.8. The van der Waals surface area contributed by atoms with Gasteiger partial charge in [0.1, 0.15) is 5.75 Å². The van der Waals surface area contributed by atoms with Crippen LogP contribution in [0.15, 0.2) is 40.2 Å². The molecule has 2 heterocycles. The molecule has 1 atom stereocenters. The van der Waals surface area contributed by atoms with Crippen LogP contribution in [0.1, 0.15) is 11.8 Å². The average Bonchev–Trinajstić information content (AvgIpc) is 2.92. The van der Waals surface area contributed by atoms with Gasteiger partial charge in [-0.1, -0.05) is 0 Å². The molecular formula is C16H13BrN2O3S. The van der Waals surface area contributed by atoms with Gasteiger partial charge in [0.05, 0.1) is 9.47 Å². The molecule has 3 rings (SSSR count). The van der Waals surface area contributed by atoms with E-state index in [0.29, 0.717) is 17.1 Å². The Labute approximate surface area is 145 Å². The lowest BCUT2D eigenvalue weighted by atomic mass is 10.2. The average molecular weight is 393 g/mol. The molecule has 0 fully saturated rings. The van der Waals surface area contributed by atoms with Gasteiger partial charge in [-0.25, -0.2) is 0 Å². The van der Waals surface area contributed by atoms with Gasteiger partial charge in [-0.15, -0.1) is 11.3 Å². The molecule has 7 heteroatoms. The molecule has 1 aromatic carbocycles. The molecule has 1 aliphatic heterocycles. The quantitative estimate of drug-likeness (QED) is 0.778. The molecular weight excluding hydrogens is 380 g/mol. The topological polar surface area (TPSA) is 67.4 Å². The Balaban J connectivity index is 1.68. The first-order valence-electron chi connectivity index (χ1n) is 6.87. The van der Waals surface area contributed by atoms with Crippen molar-refractivity contribution in [2.24, 2.45) is 0 Å². The predicted molar refractivity (Wildman–Crippen MR) is 94.8 cm³/mol. The number of rotatable bonds is 3. The van der Waals surface area contributed by atoms with Crippen LogP contribution in [0.5, 0.6) is 5.75 Å². The summed E-state index contributed by atoms with van der Waals surface area (Å²) in [5.41, 5.74) is 1.14. The summed E-state index contributed by atoms with van der Waals surface area (Å²) in [5.74, 6) is 0.143. The van der Waals surface area contributed by atoms with Crippen molar-refractivity contribution in [3.63, 3.8) is 0 Å². The van der Waals surface area contributed by atoms with Gasteiger partial charge in [0.15, 0.2) is 6.10 Å². The number of anilines is 2. The van der Waals surface area contributed by atoms with Crippen LogP contribution < -0.4 is 15.4 Å². The van der Waals surface area contributed by atoms with E-state index in [-0.39, 0.29) is 11.8 Å². The van der Waals surface area contributed by atoms with Crippen LogP contribution in [-0.2, 0) is 9.59 Å². The summed E-state index contributed by atoms with van der Waals surface area (Å²) in [6.45, 7) is 1.68. The lowest BCUT2D eigenvalue weighted by Gasteiger charge is -2.23. The Morgan fingerprint density at radius 3 is 2.96 bits per heavy atom. The van der Waals surface area contributed by atoms with Crippen molar-refractivity contribution in [1.29, 1.82) is 0 Å². The fraction of sp³-hybridized carbons (Fsp3) is 0.125. The van der Waals surface area contributed by atoms with E-state index >= 15 is 0 Å². The zero-order chi connectivity index (χ0) is 16.4. The number of hydrogen-bond acceptors (Lipinski definition) is 4. The maximum atomic E-state index is 12.0. The molecule has 1 aromatic heterocycles. The fourth-order valence-electron chi connectivity index (χ4n) is 2.05. The van der Waals surface area contributed by atoms with Gasteiger partial charge in [-0.3, -0.25) is 9.59 Å². The van der Waals surface area contributed by atoms with Crippen LogP contribution in [0, 0.1) is 0 Å². The van der Waals surface area contributed by atoms with E-state index in [2.05, 4.69) is 26.6 Å². The third-order valence-corrected chi connectivity index (χ3v) is 4.76. The number of fused-ring (bicyclic) bond motifs is 1. The predicted octanol–water partition coefficient (Wildman–Crippen LogP) is 3.88. The highest BCUT2D eigenvalue weighted by Gasteiger charge is 2.23. The summed E-state index contributed by atoms with van der Waals surface area (Å²) in [4.78, 5) is 24.5. The second-order valence-electron chi connectivity index (χ2n) is 4.92. The lowest BCUT2D eigenvalue weighted by molar-refractivity contribution is -0.122. The van der Waals surface area contributed by atoms with Crippen LogP contribution in [0.4, 0.5) is 11.4 Å². The lowest BCUT2D eigenvalue weighted by Crippen LogP contribution is -2.34. The van der Waals surface area contributed by atoms with Gasteiger partial charge in [-0.05, 0) is 59.3 Å². The highest BCUT2D eigenvalue weighted by atomic mass is 79.9. The molecule has 2 N–H and O–H groups in total. The number of ether oxygens (including phenoxy) is 1. The molecule has 0 bridgehead atoms. The van der Waals surface area contributed by atoms with E-state index in [1.54, 1.807) is 42.5 Å². The summed E-state index contributed by atoms with van der Waals surface area (Å²) in [6, 6.07) is 8.98. The molecule has 0 spiro atoms. The SMILES string of the molecule is C[C@@H]1Oc2ccc(NC(=O)/C=C/c3ccc(Br)s3)cc2NC1=O. The van der Waals surface area contributed by atoms with Crippen LogP contribution in [0.25, 0.3) is 6.08 Å². The molecule has 2 aromatic rings. The summed E-state index contributed by atoms with van der Waals surface area (Å²) < 4.78 is 6.48. The second-order valence-corrected chi connectivity index (χ2v) is 7.42. The van der Waals surface area contributed by atoms with Gasteiger partial charge < -0.3 is 15.4 Å². The van der Waals surface area contributed by atoms with Gasteiger partial charge in [0, 0.05) is 16.6 Å². The van der Waals surface area contributed by atoms with Crippen LogP contribution in [-0.4, -0.2) is 17.9 Å². The number of carbonyl (C=O) groups is 2. The third-order valence-electron chi connectivity index (χ3n) is 3.17. The molecule has 118 valence electrons. The van der Waals surface area contributed by atoms with E-state index in [0.717, 1.165) is 8.66 Å². The van der Waals surface area contributed by atoms with Crippen molar-refractivity contribution in [3.05, 3.63) is 45.1 Å². The Hall–Kier alpha value is -2.12. The summed E-state index contributed by atoms with van der Waals surface area (Å²) in [5, 5.41) is 5.50. The molecule has 0 unspecified atom stereocenters. The zero-order valence-electron chi connectivity index (χ0n) is 12.1. The normalized spacial score (nSPS) is 16.6. The van der Waals surface area contributed by atoms with Gasteiger partial charge in [0.25, 0.3) is 5.91 Å². The molecule has 0 radical (unpaired) electrons. The Morgan fingerprint density at radius 2 is 2.22 bits per heavy atom. The highest BCUT2D eigenvalue weighted by Crippen LogP contribution is 2.32. The van der Waals surface area contributed by atoms with Gasteiger partial charge in [-0.2, -0.15) is 0 Å². The van der Waals surface area contributed by atoms with Crippen molar-refractivity contribution in [2.45, 2.75) is 13.0 Å². The zero-order valence-corrected chi connectivity index (χ0v) is 14.5. The summed E-state index contributed by atoms with van der Waals surface area (Å²) >= 11 is 4.92. The van der Waals surface area contributed by atoms with E-state index in [1.165, 1.54) is 6.08 Å². The number of thiophene rings is 1. The molecule has 0 aliphatic carbocycles. The number of benzene rings is 1. The second kappa shape index (κ2) is 6.55. The monoisotopic (exact) mass is 392 g/mol. The first-order valence-corrected chi connectivity index (χ1v) is 8.48. The smallest absolute Gasteiger partial charge is 0.265 e. The van der Waals surface area contributed by atoms with Crippen molar-refractivity contribution in [3.8, 4) is 5.75 Å². The minimum atomic E-state index is -0.518. The van der Waals surface area contributed by atoms with E-state index in [9.17, 15) is 9.59 Å². The molecule has 5 nitrogen and oxygen atoms in total. The van der Waals surface area contributed by atoms with E-state index in [4.69, 9.17) is 4.74 Å². The minimum absolute atomic E-state index is 0.204. The number of hydrogen-bond donors (Lipinski definition) is 2. The van der Waals surface area contributed by atoms with Crippen molar-refractivity contribution < 1.29 is 14.3 Å². The molecule has 0 saturated carbocycles. The fourth-order valence-corrected chi connectivity index (χ4v) is 3.37.